The first-order chi connectivity index (χ1) is 13.0. The zero-order valence-electron chi connectivity index (χ0n) is 14.4. The van der Waals surface area contributed by atoms with E-state index in [9.17, 15) is 9.59 Å². The van der Waals surface area contributed by atoms with Gasteiger partial charge in [-0.2, -0.15) is 0 Å². The van der Waals surface area contributed by atoms with Crippen LogP contribution in [-0.2, 0) is 6.54 Å². The van der Waals surface area contributed by atoms with E-state index in [0.29, 0.717) is 21.5 Å². The monoisotopic (exact) mass is 402 g/mol. The van der Waals surface area contributed by atoms with Crippen molar-refractivity contribution in [3.63, 3.8) is 0 Å². The van der Waals surface area contributed by atoms with Gasteiger partial charge >= 0.3 is 0 Å². The zero-order chi connectivity index (χ0) is 19.4. The van der Waals surface area contributed by atoms with E-state index in [1.54, 1.807) is 54.7 Å². The number of ether oxygens (including phenoxy) is 1. The van der Waals surface area contributed by atoms with E-state index in [1.807, 2.05) is 0 Å². The number of methoxy groups -OCH3 is 1. The molecule has 3 aromatic rings. The number of rotatable bonds is 5. The first kappa shape index (κ1) is 19.0. The van der Waals surface area contributed by atoms with Crippen LogP contribution in [0.25, 0.3) is 0 Å². The Bertz CT molecular complexity index is 1050. The summed E-state index contributed by atoms with van der Waals surface area (Å²) < 4.78 is 6.64. The van der Waals surface area contributed by atoms with Gasteiger partial charge in [-0.15, -0.1) is 0 Å². The van der Waals surface area contributed by atoms with E-state index in [0.717, 1.165) is 5.56 Å². The lowest BCUT2D eigenvalue weighted by atomic mass is 10.2. The molecule has 0 aliphatic heterocycles. The molecule has 0 aliphatic carbocycles. The molecule has 1 amide bonds. The highest BCUT2D eigenvalue weighted by Crippen LogP contribution is 2.24. The van der Waals surface area contributed by atoms with E-state index in [-0.39, 0.29) is 12.1 Å². The number of pyridine rings is 1. The molecule has 3 rings (SSSR count). The Morgan fingerprint density at radius 2 is 1.89 bits per heavy atom. The highest BCUT2D eigenvalue weighted by atomic mass is 35.5. The van der Waals surface area contributed by atoms with Crippen molar-refractivity contribution >= 4 is 34.8 Å². The molecule has 0 saturated heterocycles. The van der Waals surface area contributed by atoms with Crippen molar-refractivity contribution in [2.45, 2.75) is 6.54 Å². The van der Waals surface area contributed by atoms with Crippen LogP contribution in [0.1, 0.15) is 15.9 Å². The predicted molar refractivity (Wildman–Crippen MR) is 107 cm³/mol. The molecule has 0 fully saturated rings. The highest BCUT2D eigenvalue weighted by molar-refractivity contribution is 6.35. The largest absolute Gasteiger partial charge is 0.495 e. The second-order valence-corrected chi connectivity index (χ2v) is 6.59. The van der Waals surface area contributed by atoms with Gasteiger partial charge in [0.2, 0.25) is 0 Å². The van der Waals surface area contributed by atoms with E-state index >= 15 is 0 Å². The van der Waals surface area contributed by atoms with Crippen molar-refractivity contribution in [2.24, 2.45) is 0 Å². The molecular formula is C20H16Cl2N2O3. The summed E-state index contributed by atoms with van der Waals surface area (Å²) in [6, 6.07) is 15.2. The lowest BCUT2D eigenvalue weighted by Gasteiger charge is -2.12. The standard InChI is InChI=1S/C20H16Cl2N2O3/c1-27-18-7-3-2-6-17(18)23-19(25)15-5-4-10-24(20(15)26)12-13-8-9-14(21)11-16(13)22/h2-11H,12H2,1H3,(H,23,25). The molecule has 27 heavy (non-hydrogen) atoms. The Hall–Kier alpha value is -2.76. The molecule has 1 heterocycles. The van der Waals surface area contributed by atoms with Gasteiger partial charge in [0.05, 0.1) is 19.3 Å². The molecule has 0 saturated carbocycles. The quantitative estimate of drug-likeness (QED) is 0.684. The van der Waals surface area contributed by atoms with Crippen LogP contribution in [0.15, 0.2) is 65.6 Å². The summed E-state index contributed by atoms with van der Waals surface area (Å²) >= 11 is 12.1. The molecule has 0 spiro atoms. The van der Waals surface area contributed by atoms with Crippen molar-refractivity contribution in [2.75, 3.05) is 12.4 Å². The van der Waals surface area contributed by atoms with Crippen molar-refractivity contribution < 1.29 is 9.53 Å². The third kappa shape index (κ3) is 4.32. The van der Waals surface area contributed by atoms with Gasteiger partial charge in [-0.3, -0.25) is 9.59 Å². The Morgan fingerprint density at radius 3 is 2.63 bits per heavy atom. The molecule has 5 nitrogen and oxygen atoms in total. The van der Waals surface area contributed by atoms with Crippen molar-refractivity contribution in [3.8, 4) is 5.75 Å². The molecule has 0 atom stereocenters. The minimum absolute atomic E-state index is 0.0218. The molecule has 0 unspecified atom stereocenters. The third-order valence-corrected chi connectivity index (χ3v) is 4.56. The predicted octanol–water partition coefficient (Wildman–Crippen LogP) is 4.46. The van der Waals surface area contributed by atoms with Gasteiger partial charge < -0.3 is 14.6 Å². The number of para-hydroxylation sites is 2. The minimum atomic E-state index is -0.513. The Balaban J connectivity index is 1.88. The minimum Gasteiger partial charge on any atom is -0.495 e. The number of hydrogen-bond acceptors (Lipinski definition) is 3. The van der Waals surface area contributed by atoms with E-state index in [1.165, 1.54) is 17.7 Å². The molecule has 7 heteroatoms. The fourth-order valence-electron chi connectivity index (χ4n) is 2.61. The number of anilines is 1. The Labute approximate surface area is 166 Å². The number of benzene rings is 2. The lowest BCUT2D eigenvalue weighted by molar-refractivity contribution is 0.102. The number of amides is 1. The van der Waals surface area contributed by atoms with Gasteiger partial charge in [0.1, 0.15) is 11.3 Å². The van der Waals surface area contributed by atoms with Gasteiger partial charge in [-0.25, -0.2) is 0 Å². The van der Waals surface area contributed by atoms with Crippen LogP contribution >= 0.6 is 23.2 Å². The zero-order valence-corrected chi connectivity index (χ0v) is 15.9. The number of nitrogens with one attached hydrogen (secondary N) is 1. The van der Waals surface area contributed by atoms with E-state index in [4.69, 9.17) is 27.9 Å². The molecule has 2 aromatic carbocycles. The molecule has 0 radical (unpaired) electrons. The van der Waals surface area contributed by atoms with Gasteiger partial charge in [-0.1, -0.05) is 41.4 Å². The summed E-state index contributed by atoms with van der Waals surface area (Å²) in [4.78, 5) is 25.3. The van der Waals surface area contributed by atoms with Gasteiger partial charge in [0.25, 0.3) is 11.5 Å². The maximum atomic E-state index is 12.7. The number of carbonyl (C=O) groups excluding carboxylic acids is 1. The molecule has 1 N–H and O–H groups in total. The van der Waals surface area contributed by atoms with Crippen LogP contribution in [0.2, 0.25) is 10.0 Å². The topological polar surface area (TPSA) is 60.3 Å². The summed E-state index contributed by atoms with van der Waals surface area (Å²) in [6.07, 6.45) is 1.60. The molecule has 0 aliphatic rings. The van der Waals surface area contributed by atoms with Gasteiger partial charge in [0.15, 0.2) is 0 Å². The molecular weight excluding hydrogens is 387 g/mol. The SMILES string of the molecule is COc1ccccc1NC(=O)c1cccn(Cc2ccc(Cl)cc2Cl)c1=O. The fourth-order valence-corrected chi connectivity index (χ4v) is 3.07. The summed E-state index contributed by atoms with van der Waals surface area (Å²) in [5.41, 5.74) is 0.815. The lowest BCUT2D eigenvalue weighted by Crippen LogP contribution is -2.29. The van der Waals surface area contributed by atoms with Crippen molar-refractivity contribution in [1.29, 1.82) is 0 Å². The average molecular weight is 403 g/mol. The number of halogens is 2. The molecule has 1 aromatic heterocycles. The van der Waals surface area contributed by atoms with Crippen LogP contribution in [0.3, 0.4) is 0 Å². The van der Waals surface area contributed by atoms with E-state index in [2.05, 4.69) is 5.32 Å². The summed E-state index contributed by atoms with van der Waals surface area (Å²) in [5.74, 6) is -0.00361. The van der Waals surface area contributed by atoms with Crippen molar-refractivity contribution in [1.82, 2.24) is 4.57 Å². The summed E-state index contributed by atoms with van der Waals surface area (Å²) in [7, 11) is 1.51. The number of carbonyl (C=O) groups is 1. The summed E-state index contributed by atoms with van der Waals surface area (Å²) in [5, 5.41) is 3.68. The normalized spacial score (nSPS) is 10.5. The maximum absolute atomic E-state index is 12.7. The smallest absolute Gasteiger partial charge is 0.263 e. The second kappa shape index (κ2) is 8.29. The first-order valence-corrected chi connectivity index (χ1v) is 8.83. The third-order valence-electron chi connectivity index (χ3n) is 3.98. The van der Waals surface area contributed by atoms with Crippen LogP contribution in [0.5, 0.6) is 5.75 Å². The van der Waals surface area contributed by atoms with Crippen molar-refractivity contribution in [3.05, 3.63) is 92.3 Å². The summed E-state index contributed by atoms with van der Waals surface area (Å²) in [6.45, 7) is 0.227. The van der Waals surface area contributed by atoms with Crippen LogP contribution in [0.4, 0.5) is 5.69 Å². The van der Waals surface area contributed by atoms with Crippen LogP contribution < -0.4 is 15.6 Å². The van der Waals surface area contributed by atoms with Gasteiger partial charge in [-0.05, 0) is 42.0 Å². The second-order valence-electron chi connectivity index (χ2n) is 5.75. The number of aromatic nitrogens is 1. The van der Waals surface area contributed by atoms with Crippen LogP contribution in [-0.4, -0.2) is 17.6 Å². The molecule has 138 valence electrons. The Morgan fingerprint density at radius 1 is 1.11 bits per heavy atom. The van der Waals surface area contributed by atoms with E-state index < -0.39 is 11.5 Å². The van der Waals surface area contributed by atoms with Crippen LogP contribution in [0, 0.1) is 0 Å². The highest BCUT2D eigenvalue weighted by Gasteiger charge is 2.15. The average Bonchev–Trinajstić information content (AvgIpc) is 2.65. The Kier molecular flexibility index (Phi) is 5.84. The van der Waals surface area contributed by atoms with Gasteiger partial charge in [0, 0.05) is 16.2 Å². The molecule has 0 bridgehead atoms. The number of hydrogen-bond donors (Lipinski definition) is 1. The maximum Gasteiger partial charge on any atom is 0.263 e. The fraction of sp³-hybridized carbons (Fsp3) is 0.100. The number of nitrogens with zero attached hydrogens (tertiary/aromatic N) is 1. The first-order valence-electron chi connectivity index (χ1n) is 8.07.